The molecule has 0 amide bonds. The molecule has 416 valence electrons. The van der Waals surface area contributed by atoms with Crippen molar-refractivity contribution in [3.63, 3.8) is 0 Å². The van der Waals surface area contributed by atoms with Gasteiger partial charge in [-0.05, 0) is 152 Å². The van der Waals surface area contributed by atoms with E-state index in [-0.39, 0.29) is 12.4 Å². The lowest BCUT2D eigenvalue weighted by atomic mass is 10.1. The zero-order chi connectivity index (χ0) is 57.5. The molecular formula is C63H58N8O11. The first kappa shape index (κ1) is 57.6. The van der Waals surface area contributed by atoms with Gasteiger partial charge in [0.05, 0.1) is 28.4 Å². The van der Waals surface area contributed by atoms with Gasteiger partial charge in [0.2, 0.25) is 41.2 Å². The monoisotopic (exact) mass is 1100 g/mol. The molecule has 7 heterocycles. The van der Waals surface area contributed by atoms with Crippen LogP contribution in [-0.4, -0.2) is 85.5 Å². The summed E-state index contributed by atoms with van der Waals surface area (Å²) in [4.78, 5) is 51.9. The van der Waals surface area contributed by atoms with Gasteiger partial charge in [0, 0.05) is 89.8 Å². The number of ether oxygens (including phenoxy) is 7. The van der Waals surface area contributed by atoms with Crippen molar-refractivity contribution in [2.24, 2.45) is 0 Å². The van der Waals surface area contributed by atoms with Crippen LogP contribution in [0.3, 0.4) is 0 Å². The molecule has 0 aliphatic rings. The number of aryl methyl sites for hydroxylation is 5. The first-order valence-corrected chi connectivity index (χ1v) is 25.8. The molecule has 3 aromatic carbocycles. The minimum Gasteiger partial charge on any atom is -0.481 e. The fourth-order valence-electron chi connectivity index (χ4n) is 8.11. The second kappa shape index (κ2) is 29.4. The van der Waals surface area contributed by atoms with Crippen LogP contribution in [0.5, 0.6) is 52.5 Å². The standard InChI is InChI=1S/C22H20N4O3.C21H20N2O4.C20H18N2O4/c1-15-25-20(29-26-15)12-9-16-7-10-17(11-8-16)28-22-19(6-4-14-24-22)18-5-3-13-23-21(18)27-2;1-25-19(24)12-9-15-7-10-16(11-8-15)27-21-18(6-4-14-23-21)17-5-3-13-22-20(17)26-2;1-25-19-16(4-2-12-21-19)17-5-3-13-22-20(17)26-15-9-6-14(7-10-15)8-11-18(23)24/h3-8,10-11,13-14H,9,12H2,1-2H3;3-8,10-11,13-14H,9,12H2,1-2H3;2-7,9-10,12-13H,8,11H2,1H3,(H,23,24). The lowest BCUT2D eigenvalue weighted by Crippen LogP contribution is -2.01. The number of aromatic nitrogens is 8. The van der Waals surface area contributed by atoms with Crippen LogP contribution in [0.2, 0.25) is 0 Å². The van der Waals surface area contributed by atoms with E-state index in [1.165, 1.54) is 7.11 Å². The summed E-state index contributed by atoms with van der Waals surface area (Å²) in [6.07, 6.45) is 13.1. The zero-order valence-electron chi connectivity index (χ0n) is 45.7. The number of nitrogens with zero attached hydrogens (tertiary/aromatic N) is 8. The molecule has 7 aromatic heterocycles. The van der Waals surface area contributed by atoms with Gasteiger partial charge in [-0.25, -0.2) is 29.9 Å². The number of carboxylic acids is 1. The van der Waals surface area contributed by atoms with E-state index < -0.39 is 5.97 Å². The summed E-state index contributed by atoms with van der Waals surface area (Å²) in [5, 5.41) is 12.6. The molecule has 0 aliphatic heterocycles. The molecule has 0 saturated carbocycles. The van der Waals surface area contributed by atoms with Gasteiger partial charge in [0.25, 0.3) is 0 Å². The summed E-state index contributed by atoms with van der Waals surface area (Å²) in [5.41, 5.74) is 7.91. The third-order valence-corrected chi connectivity index (χ3v) is 12.2. The van der Waals surface area contributed by atoms with Crippen molar-refractivity contribution in [1.29, 1.82) is 0 Å². The highest BCUT2D eigenvalue weighted by atomic mass is 16.5. The summed E-state index contributed by atoms with van der Waals surface area (Å²) in [6, 6.07) is 45.2. The second-order valence-corrected chi connectivity index (χ2v) is 17.7. The highest BCUT2D eigenvalue weighted by Gasteiger charge is 2.17. The minimum atomic E-state index is -0.811. The van der Waals surface area contributed by atoms with Crippen LogP contribution >= 0.6 is 0 Å². The maximum atomic E-state index is 11.2. The maximum absolute atomic E-state index is 11.2. The number of aliphatic carboxylic acids is 1. The van der Waals surface area contributed by atoms with E-state index in [4.69, 9.17) is 38.1 Å². The minimum absolute atomic E-state index is 0.103. The van der Waals surface area contributed by atoms with Gasteiger partial charge in [-0.1, -0.05) is 41.6 Å². The summed E-state index contributed by atoms with van der Waals surface area (Å²) < 4.78 is 43.8. The van der Waals surface area contributed by atoms with E-state index in [1.54, 1.807) is 70.6 Å². The van der Waals surface area contributed by atoms with Gasteiger partial charge in [-0.15, -0.1) is 0 Å². The first-order chi connectivity index (χ1) is 40.1. The Kier molecular flexibility index (Phi) is 20.7. The van der Waals surface area contributed by atoms with Crippen LogP contribution in [0.25, 0.3) is 33.4 Å². The fourth-order valence-corrected chi connectivity index (χ4v) is 8.11. The van der Waals surface area contributed by atoms with Gasteiger partial charge in [-0.3, -0.25) is 9.59 Å². The molecule has 10 rings (SSSR count). The molecule has 19 nitrogen and oxygen atoms in total. The van der Waals surface area contributed by atoms with Crippen LogP contribution in [0, 0.1) is 6.92 Å². The lowest BCUT2D eigenvalue weighted by molar-refractivity contribution is -0.140. The fraction of sp³-hybridized carbons (Fsp3) is 0.175. The smallest absolute Gasteiger partial charge is 0.305 e. The Morgan fingerprint density at radius 2 is 0.732 bits per heavy atom. The highest BCUT2D eigenvalue weighted by Crippen LogP contribution is 2.38. The van der Waals surface area contributed by atoms with Crippen molar-refractivity contribution >= 4 is 11.9 Å². The Balaban J connectivity index is 0.000000161. The van der Waals surface area contributed by atoms with E-state index in [0.717, 1.165) is 56.5 Å². The van der Waals surface area contributed by atoms with Gasteiger partial charge in [0.15, 0.2) is 5.82 Å². The molecule has 0 radical (unpaired) electrons. The van der Waals surface area contributed by atoms with Crippen LogP contribution < -0.4 is 28.4 Å². The molecule has 1 N–H and O–H groups in total. The number of hydrogen-bond acceptors (Lipinski definition) is 18. The second-order valence-electron chi connectivity index (χ2n) is 17.7. The Labute approximate surface area is 473 Å². The Hall–Kier alpha value is -10.6. The molecule has 0 fully saturated rings. The third-order valence-electron chi connectivity index (χ3n) is 12.2. The topological polar surface area (TPSA) is 235 Å². The molecular weight excluding hydrogens is 1040 g/mol. The first-order valence-electron chi connectivity index (χ1n) is 25.8. The molecule has 0 saturated heterocycles. The van der Waals surface area contributed by atoms with Crippen molar-refractivity contribution in [3.05, 3.63) is 211 Å². The number of methoxy groups -OCH3 is 4. The molecule has 19 heteroatoms. The van der Waals surface area contributed by atoms with Crippen molar-refractivity contribution in [1.82, 2.24) is 40.0 Å². The predicted molar refractivity (Wildman–Crippen MR) is 304 cm³/mol. The number of carboxylic acid groups (broad SMARTS) is 1. The third kappa shape index (κ3) is 16.3. The summed E-state index contributed by atoms with van der Waals surface area (Å²) >= 11 is 0. The largest absolute Gasteiger partial charge is 0.481 e. The molecule has 0 bridgehead atoms. The van der Waals surface area contributed by atoms with Gasteiger partial charge in [-0.2, -0.15) is 4.98 Å². The van der Waals surface area contributed by atoms with Crippen molar-refractivity contribution in [2.45, 2.75) is 45.4 Å². The number of pyridine rings is 6. The lowest BCUT2D eigenvalue weighted by Gasteiger charge is -2.12. The van der Waals surface area contributed by atoms with E-state index >= 15 is 0 Å². The van der Waals surface area contributed by atoms with Crippen molar-refractivity contribution < 1.29 is 52.4 Å². The van der Waals surface area contributed by atoms with E-state index in [1.807, 2.05) is 140 Å². The average Bonchev–Trinajstić information content (AvgIpc) is 4.10. The SMILES string of the molecule is COC(=O)CCc1ccc(Oc2ncccc2-c2cccnc2OC)cc1.COc1ncccc1-c1cccnc1Oc1ccc(CCC(=O)O)cc1.COc1ncccc1-c1cccnc1Oc1ccc(CCc2nc(C)no2)cc1. The quantitative estimate of drug-likeness (QED) is 0.0658. The average molecular weight is 1100 g/mol. The van der Waals surface area contributed by atoms with Crippen LogP contribution in [0.4, 0.5) is 0 Å². The number of benzene rings is 3. The van der Waals surface area contributed by atoms with Gasteiger partial charge >= 0.3 is 11.9 Å². The van der Waals surface area contributed by atoms with Crippen LogP contribution in [0.1, 0.15) is 41.2 Å². The van der Waals surface area contributed by atoms with E-state index in [9.17, 15) is 9.59 Å². The van der Waals surface area contributed by atoms with Gasteiger partial charge < -0.3 is 42.8 Å². The molecule has 10 aromatic rings. The molecule has 0 atom stereocenters. The number of hydrogen-bond donors (Lipinski definition) is 1. The molecule has 0 spiro atoms. The predicted octanol–water partition coefficient (Wildman–Crippen LogP) is 12.4. The number of esters is 1. The molecule has 0 aliphatic carbocycles. The Bertz CT molecular complexity index is 3660. The summed E-state index contributed by atoms with van der Waals surface area (Å²) in [6.45, 7) is 1.81. The van der Waals surface area contributed by atoms with Crippen LogP contribution in [0.15, 0.2) is 187 Å². The summed E-state index contributed by atoms with van der Waals surface area (Å²) in [5.74, 6) is 5.16. The normalized spacial score (nSPS) is 10.5. The van der Waals surface area contributed by atoms with Crippen molar-refractivity contribution in [3.8, 4) is 85.9 Å². The van der Waals surface area contributed by atoms with E-state index in [0.29, 0.717) is 89.9 Å². The number of carbonyl (C=O) groups excluding carboxylic acids is 1. The molecule has 82 heavy (non-hydrogen) atoms. The highest BCUT2D eigenvalue weighted by molar-refractivity contribution is 5.75. The Morgan fingerprint density at radius 1 is 0.415 bits per heavy atom. The Morgan fingerprint density at radius 3 is 1.04 bits per heavy atom. The van der Waals surface area contributed by atoms with Gasteiger partial charge in [0.1, 0.15) is 17.2 Å². The number of rotatable bonds is 21. The van der Waals surface area contributed by atoms with E-state index in [2.05, 4.69) is 44.8 Å². The van der Waals surface area contributed by atoms with Crippen LogP contribution in [-0.2, 0) is 40.0 Å². The zero-order valence-corrected chi connectivity index (χ0v) is 45.7. The number of carbonyl (C=O) groups is 2. The summed E-state index contributed by atoms with van der Waals surface area (Å²) in [7, 11) is 6.13. The molecule has 0 unspecified atom stereocenters. The maximum Gasteiger partial charge on any atom is 0.305 e. The van der Waals surface area contributed by atoms with Crippen molar-refractivity contribution in [2.75, 3.05) is 28.4 Å².